The fourth-order valence-corrected chi connectivity index (χ4v) is 5.03. The number of amides is 1. The fraction of sp³-hybridized carbons (Fsp3) is 0.706. The van der Waals surface area contributed by atoms with Crippen molar-refractivity contribution in [2.45, 2.75) is 44.7 Å². The SMILES string of the molecule is CCOC(=O)c1c(S(=O)(=O)N2CC(C(=O)NCCOC)CCC2C)n[nH]c1C. The van der Waals surface area contributed by atoms with Gasteiger partial charge < -0.3 is 14.8 Å². The molecule has 2 heterocycles. The van der Waals surface area contributed by atoms with Crippen LogP contribution in [0.5, 0.6) is 0 Å². The second-order valence-electron chi connectivity index (χ2n) is 6.73. The normalized spacial score (nSPS) is 20.7. The first-order chi connectivity index (χ1) is 13.2. The van der Waals surface area contributed by atoms with Gasteiger partial charge in [-0.05, 0) is 33.6 Å². The fourth-order valence-electron chi connectivity index (χ4n) is 3.19. The zero-order chi connectivity index (χ0) is 20.9. The van der Waals surface area contributed by atoms with Crippen LogP contribution in [0.3, 0.4) is 0 Å². The first-order valence-corrected chi connectivity index (χ1v) is 10.7. The molecule has 1 aliphatic heterocycles. The average molecular weight is 417 g/mol. The second kappa shape index (κ2) is 9.48. The third kappa shape index (κ3) is 4.70. The molecule has 1 aromatic rings. The number of esters is 1. The maximum absolute atomic E-state index is 13.3. The standard InChI is InChI=1S/C17H28N4O6S/c1-5-27-17(23)14-12(3)19-20-16(14)28(24,25)21-10-13(7-6-11(21)2)15(22)18-8-9-26-4/h11,13H,5-10H2,1-4H3,(H,18,22)(H,19,20). The van der Waals surface area contributed by atoms with Gasteiger partial charge in [-0.3, -0.25) is 9.89 Å². The number of hydrogen-bond donors (Lipinski definition) is 2. The lowest BCUT2D eigenvalue weighted by Crippen LogP contribution is -2.49. The van der Waals surface area contributed by atoms with Gasteiger partial charge in [-0.2, -0.15) is 9.40 Å². The van der Waals surface area contributed by atoms with E-state index in [1.807, 2.05) is 0 Å². The summed E-state index contributed by atoms with van der Waals surface area (Å²) in [5, 5.41) is 8.80. The van der Waals surface area contributed by atoms with E-state index in [4.69, 9.17) is 9.47 Å². The quantitative estimate of drug-likeness (QED) is 0.464. The molecule has 0 radical (unpaired) electrons. The number of aromatic amines is 1. The van der Waals surface area contributed by atoms with Crippen LogP contribution in [-0.2, 0) is 24.3 Å². The first-order valence-electron chi connectivity index (χ1n) is 9.24. The summed E-state index contributed by atoms with van der Waals surface area (Å²) in [4.78, 5) is 24.6. The lowest BCUT2D eigenvalue weighted by molar-refractivity contribution is -0.126. The van der Waals surface area contributed by atoms with E-state index in [1.165, 1.54) is 11.4 Å². The molecule has 0 aromatic carbocycles. The molecule has 0 saturated carbocycles. The van der Waals surface area contributed by atoms with E-state index in [-0.39, 0.29) is 35.7 Å². The van der Waals surface area contributed by atoms with Crippen LogP contribution in [0.2, 0.25) is 0 Å². The third-order valence-corrected chi connectivity index (χ3v) is 6.66. The largest absolute Gasteiger partial charge is 0.462 e. The molecule has 1 aliphatic rings. The number of methoxy groups -OCH3 is 1. The van der Waals surface area contributed by atoms with E-state index in [9.17, 15) is 18.0 Å². The number of ether oxygens (including phenoxy) is 2. The number of hydrogen-bond acceptors (Lipinski definition) is 7. The number of rotatable bonds is 8. The molecule has 0 aliphatic carbocycles. The van der Waals surface area contributed by atoms with Crippen molar-refractivity contribution in [3.63, 3.8) is 0 Å². The Bertz CT molecular complexity index is 807. The minimum Gasteiger partial charge on any atom is -0.462 e. The number of aromatic nitrogens is 2. The summed E-state index contributed by atoms with van der Waals surface area (Å²) >= 11 is 0. The summed E-state index contributed by atoms with van der Waals surface area (Å²) in [6.45, 7) is 5.86. The minimum atomic E-state index is -4.09. The van der Waals surface area contributed by atoms with Crippen LogP contribution in [0.4, 0.5) is 0 Å². The van der Waals surface area contributed by atoms with Gasteiger partial charge in [0.05, 0.1) is 19.1 Å². The van der Waals surface area contributed by atoms with Gasteiger partial charge in [0, 0.05) is 31.9 Å². The molecule has 2 unspecified atom stereocenters. The average Bonchev–Trinajstić information content (AvgIpc) is 3.04. The van der Waals surface area contributed by atoms with Gasteiger partial charge >= 0.3 is 5.97 Å². The molecule has 1 fully saturated rings. The van der Waals surface area contributed by atoms with Crippen molar-refractivity contribution in [3.8, 4) is 0 Å². The van der Waals surface area contributed by atoms with Gasteiger partial charge in [0.2, 0.25) is 10.9 Å². The number of nitrogens with one attached hydrogen (secondary N) is 2. The van der Waals surface area contributed by atoms with Gasteiger partial charge in [-0.25, -0.2) is 13.2 Å². The van der Waals surface area contributed by atoms with Gasteiger partial charge in [0.15, 0.2) is 0 Å². The summed E-state index contributed by atoms with van der Waals surface area (Å²) < 4.78 is 37.6. The van der Waals surface area contributed by atoms with Gasteiger partial charge in [0.25, 0.3) is 10.0 Å². The van der Waals surface area contributed by atoms with Gasteiger partial charge in [0.1, 0.15) is 5.56 Å². The van der Waals surface area contributed by atoms with Crippen molar-refractivity contribution in [3.05, 3.63) is 11.3 Å². The molecule has 28 heavy (non-hydrogen) atoms. The molecule has 0 spiro atoms. The lowest BCUT2D eigenvalue weighted by atomic mass is 9.95. The number of H-pyrrole nitrogens is 1. The molecular formula is C17H28N4O6S. The summed E-state index contributed by atoms with van der Waals surface area (Å²) in [6.07, 6.45) is 1.11. The number of carbonyl (C=O) groups is 2. The van der Waals surface area contributed by atoms with Crippen molar-refractivity contribution in [2.24, 2.45) is 5.92 Å². The smallest absolute Gasteiger partial charge is 0.343 e. The van der Waals surface area contributed by atoms with E-state index < -0.39 is 21.9 Å². The number of sulfonamides is 1. The Labute approximate surface area is 165 Å². The van der Waals surface area contributed by atoms with Crippen molar-refractivity contribution < 1.29 is 27.5 Å². The first kappa shape index (κ1) is 22.3. The lowest BCUT2D eigenvalue weighted by Gasteiger charge is -2.35. The van der Waals surface area contributed by atoms with Crippen LogP contribution in [0.25, 0.3) is 0 Å². The molecule has 2 N–H and O–H groups in total. The highest BCUT2D eigenvalue weighted by Crippen LogP contribution is 2.30. The number of carbonyl (C=O) groups excluding carboxylic acids is 2. The topological polar surface area (TPSA) is 131 Å². The number of aryl methyl sites for hydroxylation is 1. The Hall–Kier alpha value is -1.98. The maximum atomic E-state index is 13.3. The van der Waals surface area contributed by atoms with Crippen molar-refractivity contribution in [1.29, 1.82) is 0 Å². The Balaban J connectivity index is 2.27. The summed E-state index contributed by atoms with van der Waals surface area (Å²) in [6, 6.07) is -0.319. The van der Waals surface area contributed by atoms with Crippen LogP contribution >= 0.6 is 0 Å². The third-order valence-electron chi connectivity index (χ3n) is 4.75. The number of piperidine rings is 1. The zero-order valence-corrected chi connectivity index (χ0v) is 17.5. The molecule has 10 nitrogen and oxygen atoms in total. The van der Waals surface area contributed by atoms with Crippen LogP contribution in [-0.4, -0.2) is 74.3 Å². The predicted molar refractivity (Wildman–Crippen MR) is 100 cm³/mol. The Morgan fingerprint density at radius 1 is 1.36 bits per heavy atom. The molecule has 2 rings (SSSR count). The molecule has 2 atom stereocenters. The molecule has 1 saturated heterocycles. The second-order valence-corrected chi connectivity index (χ2v) is 8.54. The van der Waals surface area contributed by atoms with Crippen LogP contribution in [0.15, 0.2) is 5.03 Å². The Morgan fingerprint density at radius 2 is 2.07 bits per heavy atom. The van der Waals surface area contributed by atoms with E-state index in [0.717, 1.165) is 0 Å². The monoisotopic (exact) mass is 416 g/mol. The molecule has 1 amide bonds. The van der Waals surface area contributed by atoms with Crippen molar-refractivity contribution in [2.75, 3.05) is 33.4 Å². The highest BCUT2D eigenvalue weighted by Gasteiger charge is 2.41. The molecule has 11 heteroatoms. The van der Waals surface area contributed by atoms with Crippen molar-refractivity contribution >= 4 is 21.9 Å². The molecule has 0 bridgehead atoms. The summed E-state index contributed by atoms with van der Waals surface area (Å²) in [7, 11) is -2.55. The van der Waals surface area contributed by atoms with Crippen molar-refractivity contribution in [1.82, 2.24) is 19.8 Å². The summed E-state index contributed by atoms with van der Waals surface area (Å²) in [5.41, 5.74) is 0.219. The number of nitrogens with zero attached hydrogens (tertiary/aromatic N) is 2. The minimum absolute atomic E-state index is 0.0243. The molecular weight excluding hydrogens is 388 g/mol. The van der Waals surface area contributed by atoms with E-state index >= 15 is 0 Å². The summed E-state index contributed by atoms with van der Waals surface area (Å²) in [5.74, 6) is -1.44. The van der Waals surface area contributed by atoms with Crippen LogP contribution in [0.1, 0.15) is 42.7 Å². The predicted octanol–water partition coefficient (Wildman–Crippen LogP) is 0.447. The highest BCUT2D eigenvalue weighted by atomic mass is 32.2. The Morgan fingerprint density at radius 3 is 2.71 bits per heavy atom. The highest BCUT2D eigenvalue weighted by molar-refractivity contribution is 7.89. The van der Waals surface area contributed by atoms with Crippen LogP contribution < -0.4 is 5.32 Å². The maximum Gasteiger partial charge on any atom is 0.343 e. The van der Waals surface area contributed by atoms with E-state index in [2.05, 4.69) is 15.5 Å². The zero-order valence-electron chi connectivity index (χ0n) is 16.6. The molecule has 158 valence electrons. The molecule has 1 aromatic heterocycles. The van der Waals surface area contributed by atoms with Gasteiger partial charge in [-0.1, -0.05) is 0 Å². The van der Waals surface area contributed by atoms with E-state index in [0.29, 0.717) is 31.7 Å². The van der Waals surface area contributed by atoms with E-state index in [1.54, 1.807) is 20.8 Å². The Kier molecular flexibility index (Phi) is 7.55. The van der Waals surface area contributed by atoms with Gasteiger partial charge in [-0.15, -0.1) is 0 Å². The van der Waals surface area contributed by atoms with Crippen LogP contribution in [0, 0.1) is 12.8 Å².